The van der Waals surface area contributed by atoms with Gasteiger partial charge in [0.15, 0.2) is 0 Å². The fraction of sp³-hybridized carbons (Fsp3) is 0.700. The molecule has 0 aliphatic heterocycles. The molecule has 1 N–H and O–H groups in total. The Bertz CT molecular complexity index is 434. The average Bonchev–Trinajstić information content (AvgIpc) is 2.53. The summed E-state index contributed by atoms with van der Waals surface area (Å²) in [6.45, 7) is 5.56. The lowest BCUT2D eigenvalue weighted by Gasteiger charge is -2.39. The molecule has 0 aromatic heterocycles. The summed E-state index contributed by atoms with van der Waals surface area (Å²) in [5.41, 5.74) is 2.88. The van der Waals surface area contributed by atoms with Crippen LogP contribution in [0.4, 0.5) is 0 Å². The minimum absolute atomic E-state index is 0.633. The molecule has 2 aliphatic carbocycles. The Kier molecular flexibility index (Phi) is 5.00. The molecule has 3 rings (SSSR count). The number of nitrogens with one attached hydrogen (secondary N) is 1. The van der Waals surface area contributed by atoms with Crippen LogP contribution in [-0.4, -0.2) is 6.04 Å². The lowest BCUT2D eigenvalue weighted by Crippen LogP contribution is -2.38. The normalized spacial score (nSPS) is 29.4. The van der Waals surface area contributed by atoms with E-state index in [0.717, 1.165) is 24.4 Å². The maximum Gasteiger partial charge on any atom is 0.0208 e. The molecule has 3 atom stereocenters. The molecule has 0 bridgehead atoms. The van der Waals surface area contributed by atoms with Gasteiger partial charge in [0.1, 0.15) is 0 Å². The Labute approximate surface area is 130 Å². The fourth-order valence-electron chi connectivity index (χ4n) is 4.34. The third-order valence-electron chi connectivity index (χ3n) is 5.78. The van der Waals surface area contributed by atoms with Crippen LogP contribution in [0.1, 0.15) is 75.8 Å². The van der Waals surface area contributed by atoms with Crippen LogP contribution in [0.3, 0.4) is 0 Å². The molecule has 0 saturated heterocycles. The van der Waals surface area contributed by atoms with E-state index in [9.17, 15) is 0 Å². The topological polar surface area (TPSA) is 12.0 Å². The van der Waals surface area contributed by atoms with Crippen molar-refractivity contribution < 1.29 is 0 Å². The smallest absolute Gasteiger partial charge is 0.0208 e. The van der Waals surface area contributed by atoms with Crippen LogP contribution in [0.2, 0.25) is 0 Å². The highest BCUT2D eigenvalue weighted by Crippen LogP contribution is 2.40. The van der Waals surface area contributed by atoms with Gasteiger partial charge in [0.2, 0.25) is 0 Å². The fourth-order valence-corrected chi connectivity index (χ4v) is 4.34. The van der Waals surface area contributed by atoms with Gasteiger partial charge in [-0.3, -0.25) is 0 Å². The first-order valence-corrected chi connectivity index (χ1v) is 9.04. The zero-order valence-corrected chi connectivity index (χ0v) is 13.8. The van der Waals surface area contributed by atoms with Gasteiger partial charge in [-0.15, -0.1) is 0 Å². The molecule has 0 spiro atoms. The Morgan fingerprint density at radius 2 is 1.67 bits per heavy atom. The highest BCUT2D eigenvalue weighted by molar-refractivity contribution is 5.24. The zero-order valence-electron chi connectivity index (χ0n) is 13.8. The predicted octanol–water partition coefficient (Wildman–Crippen LogP) is 5.26. The Hall–Kier alpha value is -0.820. The Morgan fingerprint density at radius 3 is 2.38 bits per heavy atom. The summed E-state index contributed by atoms with van der Waals surface area (Å²) in [5.74, 6) is 2.71. The molecule has 21 heavy (non-hydrogen) atoms. The van der Waals surface area contributed by atoms with Crippen molar-refractivity contribution in [1.82, 2.24) is 5.32 Å². The van der Waals surface area contributed by atoms with E-state index in [1.807, 2.05) is 0 Å². The van der Waals surface area contributed by atoms with Gasteiger partial charge in [0.05, 0.1) is 0 Å². The number of hydrogen-bond donors (Lipinski definition) is 1. The molecular weight excluding hydrogens is 254 g/mol. The zero-order chi connectivity index (χ0) is 14.7. The second-order valence-electron chi connectivity index (χ2n) is 7.59. The average molecular weight is 285 g/mol. The molecule has 0 radical (unpaired) electrons. The van der Waals surface area contributed by atoms with Gasteiger partial charge in [-0.1, -0.05) is 63.8 Å². The van der Waals surface area contributed by atoms with Crippen molar-refractivity contribution in [3.63, 3.8) is 0 Å². The van der Waals surface area contributed by atoms with Crippen molar-refractivity contribution in [2.45, 2.75) is 77.3 Å². The van der Waals surface area contributed by atoms with E-state index in [2.05, 4.69) is 43.4 Å². The number of rotatable bonds is 4. The standard InChI is InChI=1S/C20H31N/c1-15(2)17-9-7-16(8-10-17)14-21-20-12-11-18-5-3-4-6-19(18)13-20/h7-10,15,18-21H,3-6,11-14H2,1-2H3. The van der Waals surface area contributed by atoms with Gasteiger partial charge >= 0.3 is 0 Å². The number of fused-ring (bicyclic) bond motifs is 1. The van der Waals surface area contributed by atoms with Crippen molar-refractivity contribution in [2.24, 2.45) is 11.8 Å². The Balaban J connectivity index is 1.48. The summed E-state index contributed by atoms with van der Waals surface area (Å²) >= 11 is 0. The third-order valence-corrected chi connectivity index (χ3v) is 5.78. The maximum atomic E-state index is 3.82. The second-order valence-corrected chi connectivity index (χ2v) is 7.59. The summed E-state index contributed by atoms with van der Waals surface area (Å²) < 4.78 is 0. The van der Waals surface area contributed by atoms with Gasteiger partial charge in [0.25, 0.3) is 0 Å². The van der Waals surface area contributed by atoms with Gasteiger partial charge in [0, 0.05) is 12.6 Å². The molecule has 1 heteroatoms. The van der Waals surface area contributed by atoms with Crippen LogP contribution in [0.5, 0.6) is 0 Å². The molecule has 0 amide bonds. The van der Waals surface area contributed by atoms with Crippen LogP contribution in [0.15, 0.2) is 24.3 Å². The van der Waals surface area contributed by atoms with Gasteiger partial charge in [-0.05, 0) is 48.1 Å². The van der Waals surface area contributed by atoms with Crippen molar-refractivity contribution >= 4 is 0 Å². The van der Waals surface area contributed by atoms with Crippen LogP contribution in [-0.2, 0) is 6.54 Å². The molecule has 1 aromatic rings. The largest absolute Gasteiger partial charge is 0.310 e. The van der Waals surface area contributed by atoms with E-state index < -0.39 is 0 Å². The summed E-state index contributed by atoms with van der Waals surface area (Å²) in [6.07, 6.45) is 10.3. The third kappa shape index (κ3) is 3.88. The maximum absolute atomic E-state index is 3.82. The second kappa shape index (κ2) is 6.96. The highest BCUT2D eigenvalue weighted by Gasteiger charge is 2.31. The van der Waals surface area contributed by atoms with Crippen LogP contribution < -0.4 is 5.32 Å². The first-order chi connectivity index (χ1) is 10.2. The summed E-state index contributed by atoms with van der Waals surface area (Å²) in [4.78, 5) is 0. The first-order valence-electron chi connectivity index (χ1n) is 9.04. The summed E-state index contributed by atoms with van der Waals surface area (Å²) in [7, 11) is 0. The Morgan fingerprint density at radius 1 is 0.952 bits per heavy atom. The quantitative estimate of drug-likeness (QED) is 0.796. The molecular formula is C20H31N. The SMILES string of the molecule is CC(C)c1ccc(CNC2CCC3CCCCC3C2)cc1. The van der Waals surface area contributed by atoms with Crippen molar-refractivity contribution in [2.75, 3.05) is 0 Å². The molecule has 2 fully saturated rings. The molecule has 3 unspecified atom stereocenters. The van der Waals surface area contributed by atoms with E-state index in [0.29, 0.717) is 5.92 Å². The van der Waals surface area contributed by atoms with E-state index in [-0.39, 0.29) is 0 Å². The van der Waals surface area contributed by atoms with E-state index in [1.165, 1.54) is 56.1 Å². The van der Waals surface area contributed by atoms with Crippen molar-refractivity contribution in [3.8, 4) is 0 Å². The highest BCUT2D eigenvalue weighted by atomic mass is 14.9. The molecule has 1 aromatic carbocycles. The van der Waals surface area contributed by atoms with Crippen molar-refractivity contribution in [3.05, 3.63) is 35.4 Å². The van der Waals surface area contributed by atoms with Crippen LogP contribution in [0.25, 0.3) is 0 Å². The molecule has 116 valence electrons. The van der Waals surface area contributed by atoms with Gasteiger partial charge in [-0.25, -0.2) is 0 Å². The predicted molar refractivity (Wildman–Crippen MR) is 90.5 cm³/mol. The lowest BCUT2D eigenvalue weighted by molar-refractivity contribution is 0.143. The minimum atomic E-state index is 0.633. The van der Waals surface area contributed by atoms with Gasteiger partial charge < -0.3 is 5.32 Å². The van der Waals surface area contributed by atoms with E-state index in [1.54, 1.807) is 0 Å². The lowest BCUT2D eigenvalue weighted by atomic mass is 9.69. The molecule has 0 heterocycles. The van der Waals surface area contributed by atoms with Crippen molar-refractivity contribution in [1.29, 1.82) is 0 Å². The number of hydrogen-bond acceptors (Lipinski definition) is 1. The van der Waals surface area contributed by atoms with Crippen LogP contribution in [0, 0.1) is 11.8 Å². The molecule has 2 aliphatic rings. The van der Waals surface area contributed by atoms with Gasteiger partial charge in [-0.2, -0.15) is 0 Å². The van der Waals surface area contributed by atoms with E-state index in [4.69, 9.17) is 0 Å². The number of benzene rings is 1. The minimum Gasteiger partial charge on any atom is -0.310 e. The first kappa shape index (κ1) is 15.1. The van der Waals surface area contributed by atoms with Crippen LogP contribution >= 0.6 is 0 Å². The summed E-state index contributed by atoms with van der Waals surface area (Å²) in [5, 5.41) is 3.82. The molecule has 2 saturated carbocycles. The molecule has 1 nitrogen and oxygen atoms in total. The van der Waals surface area contributed by atoms with E-state index >= 15 is 0 Å². The summed E-state index contributed by atoms with van der Waals surface area (Å²) in [6, 6.07) is 9.94. The monoisotopic (exact) mass is 285 g/mol.